The number of rotatable bonds is 6. The number of carbonyl (C=O) groups excluding carboxylic acids is 1. The zero-order valence-electron chi connectivity index (χ0n) is 16.0. The maximum Gasteiger partial charge on any atom is 0.410 e. The molecule has 0 N–H and O–H groups in total. The van der Waals surface area contributed by atoms with Crippen molar-refractivity contribution in [1.29, 1.82) is 0 Å². The lowest BCUT2D eigenvalue weighted by Crippen LogP contribution is -2.39. The third-order valence-corrected chi connectivity index (χ3v) is 5.48. The van der Waals surface area contributed by atoms with Crippen LogP contribution in [-0.2, 0) is 45.7 Å². The summed E-state index contributed by atoms with van der Waals surface area (Å²) in [5.74, 6) is 0.719. The first kappa shape index (κ1) is 20.7. The highest BCUT2D eigenvalue weighted by Gasteiger charge is 2.28. The summed E-state index contributed by atoms with van der Waals surface area (Å²) < 4.78 is 30.6. The first-order chi connectivity index (χ1) is 13.2. The van der Waals surface area contributed by atoms with Gasteiger partial charge in [0.1, 0.15) is 18.2 Å². The molecule has 0 atom stereocenters. The number of hydrogen-bond acceptors (Lipinski definition) is 5. The Morgan fingerprint density at radius 2 is 1.96 bits per heavy atom. The van der Waals surface area contributed by atoms with Crippen LogP contribution in [0.2, 0.25) is 0 Å². The molecule has 28 heavy (non-hydrogen) atoms. The van der Waals surface area contributed by atoms with E-state index in [0.29, 0.717) is 36.9 Å². The summed E-state index contributed by atoms with van der Waals surface area (Å²) in [4.78, 5) is 18.6. The molecule has 0 aliphatic carbocycles. The average molecular weight is 426 g/mol. The van der Waals surface area contributed by atoms with Crippen molar-refractivity contribution in [3.63, 3.8) is 0 Å². The lowest BCUT2D eigenvalue weighted by Gasteiger charge is -2.27. The number of halogens is 1. The Morgan fingerprint density at radius 1 is 1.25 bits per heavy atom. The van der Waals surface area contributed by atoms with Gasteiger partial charge < -0.3 is 9.30 Å². The van der Waals surface area contributed by atoms with Gasteiger partial charge in [-0.05, 0) is 17.9 Å². The number of amides is 1. The molecular weight excluding hydrogens is 402 g/mol. The summed E-state index contributed by atoms with van der Waals surface area (Å²) >= 11 is 0. The van der Waals surface area contributed by atoms with Gasteiger partial charge in [-0.25, -0.2) is 18.2 Å². The fourth-order valence-electron chi connectivity index (χ4n) is 3.29. The number of fused-ring (bicyclic) bond motifs is 1. The van der Waals surface area contributed by atoms with Gasteiger partial charge in [-0.3, -0.25) is 4.90 Å². The number of hydrogen-bond donors (Lipinski definition) is 0. The molecule has 0 radical (unpaired) electrons. The number of ether oxygens (including phenoxy) is 1. The maximum absolute atomic E-state index is 12.4. The molecule has 0 saturated heterocycles. The molecule has 0 fully saturated rings. The van der Waals surface area contributed by atoms with E-state index in [9.17, 15) is 13.2 Å². The normalized spacial score (nSPS) is 14.2. The van der Waals surface area contributed by atoms with Crippen LogP contribution in [0.1, 0.15) is 36.6 Å². The van der Waals surface area contributed by atoms with Crippen molar-refractivity contribution in [2.24, 2.45) is 5.92 Å². The summed E-state index contributed by atoms with van der Waals surface area (Å²) in [7, 11) is 1.80. The van der Waals surface area contributed by atoms with E-state index in [1.807, 2.05) is 48.7 Å². The van der Waals surface area contributed by atoms with Crippen LogP contribution >= 0.6 is 10.7 Å². The van der Waals surface area contributed by atoms with E-state index < -0.39 is 15.1 Å². The standard InChI is InChI=1S/C19H24ClN3O4S/c1-14(2)10-16-17(13-28(20,25)26)23-9-8-22(11-18(23)21-16)19(24)27-12-15-6-4-3-5-7-15/h3-7,14H,8-13H2,1-2H3. The molecule has 0 unspecified atom stereocenters. The van der Waals surface area contributed by atoms with Crippen molar-refractivity contribution in [2.75, 3.05) is 6.54 Å². The summed E-state index contributed by atoms with van der Waals surface area (Å²) in [6.45, 7) is 5.46. The van der Waals surface area contributed by atoms with Crippen molar-refractivity contribution in [2.45, 2.75) is 45.7 Å². The molecule has 7 nitrogen and oxygen atoms in total. The molecule has 152 valence electrons. The first-order valence-corrected chi connectivity index (χ1v) is 11.7. The number of nitrogens with zero attached hydrogens (tertiary/aromatic N) is 3. The Hall–Kier alpha value is -2.06. The van der Waals surface area contributed by atoms with E-state index in [-0.39, 0.29) is 18.9 Å². The van der Waals surface area contributed by atoms with Gasteiger partial charge >= 0.3 is 6.09 Å². The fourth-order valence-corrected chi connectivity index (χ4v) is 4.25. The van der Waals surface area contributed by atoms with Crippen LogP contribution in [0.15, 0.2) is 30.3 Å². The van der Waals surface area contributed by atoms with Crippen molar-refractivity contribution >= 4 is 25.8 Å². The molecule has 3 rings (SSSR count). The van der Waals surface area contributed by atoms with Crippen LogP contribution in [0, 0.1) is 5.92 Å². The highest BCUT2D eigenvalue weighted by atomic mass is 35.7. The Labute approximate surface area is 169 Å². The van der Waals surface area contributed by atoms with E-state index in [0.717, 1.165) is 11.3 Å². The molecule has 2 aromatic rings. The smallest absolute Gasteiger partial charge is 0.410 e. The fraction of sp³-hybridized carbons (Fsp3) is 0.474. The number of imidazole rings is 1. The molecule has 1 aromatic heterocycles. The lowest BCUT2D eigenvalue weighted by atomic mass is 10.1. The number of carbonyl (C=O) groups is 1. The lowest BCUT2D eigenvalue weighted by molar-refractivity contribution is 0.0860. The van der Waals surface area contributed by atoms with Gasteiger partial charge in [-0.2, -0.15) is 0 Å². The molecular formula is C19H24ClN3O4S. The van der Waals surface area contributed by atoms with Crippen LogP contribution in [0.5, 0.6) is 0 Å². The molecule has 0 saturated carbocycles. The molecule has 1 aromatic carbocycles. The highest BCUT2D eigenvalue weighted by molar-refractivity contribution is 8.13. The van der Waals surface area contributed by atoms with Gasteiger partial charge in [-0.15, -0.1) is 0 Å². The van der Waals surface area contributed by atoms with Crippen LogP contribution in [-0.4, -0.2) is 35.5 Å². The van der Waals surface area contributed by atoms with Gasteiger partial charge in [0, 0.05) is 23.8 Å². The zero-order valence-corrected chi connectivity index (χ0v) is 17.5. The average Bonchev–Trinajstić information content (AvgIpc) is 2.94. The minimum Gasteiger partial charge on any atom is -0.445 e. The SMILES string of the molecule is CC(C)Cc1nc2n(c1CS(=O)(=O)Cl)CCN(C(=O)OCc1ccccc1)C2. The second-order valence-electron chi connectivity index (χ2n) is 7.32. The number of aromatic nitrogens is 2. The highest BCUT2D eigenvalue weighted by Crippen LogP contribution is 2.24. The molecule has 2 heterocycles. The Kier molecular flexibility index (Phi) is 6.30. The molecule has 0 bridgehead atoms. The van der Waals surface area contributed by atoms with Gasteiger partial charge in [0.25, 0.3) is 0 Å². The second kappa shape index (κ2) is 8.53. The summed E-state index contributed by atoms with van der Waals surface area (Å²) in [6, 6.07) is 9.48. The molecule has 1 aliphatic heterocycles. The van der Waals surface area contributed by atoms with Crippen molar-refractivity contribution in [1.82, 2.24) is 14.5 Å². The second-order valence-corrected chi connectivity index (χ2v) is 10.1. The largest absolute Gasteiger partial charge is 0.445 e. The maximum atomic E-state index is 12.4. The Balaban J connectivity index is 1.74. The third-order valence-electron chi connectivity index (χ3n) is 4.53. The number of benzene rings is 1. The zero-order chi connectivity index (χ0) is 20.3. The van der Waals surface area contributed by atoms with Crippen LogP contribution < -0.4 is 0 Å². The van der Waals surface area contributed by atoms with Crippen molar-refractivity contribution < 1.29 is 17.9 Å². The first-order valence-electron chi connectivity index (χ1n) is 9.18. The quantitative estimate of drug-likeness (QED) is 0.663. The van der Waals surface area contributed by atoms with Gasteiger partial charge in [-0.1, -0.05) is 44.2 Å². The topological polar surface area (TPSA) is 81.5 Å². The van der Waals surface area contributed by atoms with E-state index in [4.69, 9.17) is 15.4 Å². The van der Waals surface area contributed by atoms with Crippen LogP contribution in [0.4, 0.5) is 4.79 Å². The third kappa shape index (κ3) is 5.26. The summed E-state index contributed by atoms with van der Waals surface area (Å²) in [5.41, 5.74) is 2.27. The van der Waals surface area contributed by atoms with Gasteiger partial charge in [0.15, 0.2) is 0 Å². The van der Waals surface area contributed by atoms with Crippen LogP contribution in [0.25, 0.3) is 0 Å². The van der Waals surface area contributed by atoms with Crippen molar-refractivity contribution in [3.05, 3.63) is 53.1 Å². The molecule has 0 spiro atoms. The molecule has 1 amide bonds. The van der Waals surface area contributed by atoms with Gasteiger partial charge in [0.2, 0.25) is 9.05 Å². The monoisotopic (exact) mass is 425 g/mol. The van der Waals surface area contributed by atoms with E-state index in [2.05, 4.69) is 4.98 Å². The van der Waals surface area contributed by atoms with E-state index in [1.54, 1.807) is 4.90 Å². The summed E-state index contributed by atoms with van der Waals surface area (Å²) in [6.07, 6.45) is 0.246. The molecule has 1 aliphatic rings. The Morgan fingerprint density at radius 3 is 2.61 bits per heavy atom. The van der Waals surface area contributed by atoms with Crippen molar-refractivity contribution in [3.8, 4) is 0 Å². The van der Waals surface area contributed by atoms with Gasteiger partial charge in [0.05, 0.1) is 17.9 Å². The Bertz CT molecular complexity index is 942. The predicted molar refractivity (Wildman–Crippen MR) is 106 cm³/mol. The van der Waals surface area contributed by atoms with E-state index >= 15 is 0 Å². The predicted octanol–water partition coefficient (Wildman–Crippen LogP) is 3.30. The minimum absolute atomic E-state index is 0.207. The minimum atomic E-state index is -3.70. The van der Waals surface area contributed by atoms with E-state index in [1.165, 1.54) is 0 Å². The molecule has 9 heteroatoms. The summed E-state index contributed by atoms with van der Waals surface area (Å²) in [5, 5.41) is 0. The van der Waals surface area contributed by atoms with Crippen LogP contribution in [0.3, 0.4) is 0 Å².